The van der Waals surface area contributed by atoms with Crippen molar-refractivity contribution < 1.29 is 4.74 Å². The first-order valence-corrected chi connectivity index (χ1v) is 6.49. The van der Waals surface area contributed by atoms with Gasteiger partial charge in [0.1, 0.15) is 5.75 Å². The Kier molecular flexibility index (Phi) is 3.04. The molecule has 0 saturated heterocycles. The van der Waals surface area contributed by atoms with Crippen LogP contribution in [0.1, 0.15) is 4.88 Å². The summed E-state index contributed by atoms with van der Waals surface area (Å²) >= 11 is 9.72. The Hall–Kier alpha value is -0.190. The van der Waals surface area contributed by atoms with Gasteiger partial charge in [-0.05, 0) is 18.2 Å². The molecule has 0 spiro atoms. The van der Waals surface area contributed by atoms with Crippen LogP contribution in [0, 0.1) is 0 Å². The molecule has 0 N–H and O–H groups in total. The van der Waals surface area contributed by atoms with Crippen LogP contribution in [0.15, 0.2) is 23.1 Å². The van der Waals surface area contributed by atoms with Crippen molar-refractivity contribution in [2.45, 2.75) is 10.2 Å². The molecule has 1 aromatic heterocycles. The third kappa shape index (κ3) is 1.66. The minimum absolute atomic E-state index is 0.855. The lowest BCUT2D eigenvalue weighted by atomic mass is 10.2. The Morgan fingerprint density at radius 1 is 1.50 bits per heavy atom. The van der Waals surface area contributed by atoms with Gasteiger partial charge in [0.05, 0.1) is 7.11 Å². The van der Waals surface area contributed by atoms with Crippen molar-refractivity contribution in [3.63, 3.8) is 0 Å². The van der Waals surface area contributed by atoms with E-state index in [0.717, 1.165) is 16.0 Å². The SMILES string of the molecule is COc1ccc2sc(CBr)c(S)c2c1. The molecular weight excluding hydrogens is 280 g/mol. The van der Waals surface area contributed by atoms with Crippen molar-refractivity contribution >= 4 is 50.0 Å². The van der Waals surface area contributed by atoms with Gasteiger partial charge in [-0.1, -0.05) is 15.9 Å². The van der Waals surface area contributed by atoms with Gasteiger partial charge < -0.3 is 4.74 Å². The number of ether oxygens (including phenoxy) is 1. The molecule has 0 unspecified atom stereocenters. The molecule has 0 saturated carbocycles. The van der Waals surface area contributed by atoms with Crippen LogP contribution in [0.4, 0.5) is 0 Å². The highest BCUT2D eigenvalue weighted by Crippen LogP contribution is 2.37. The second kappa shape index (κ2) is 4.13. The second-order valence-electron chi connectivity index (χ2n) is 2.87. The normalized spacial score (nSPS) is 10.8. The van der Waals surface area contributed by atoms with Gasteiger partial charge in [0.25, 0.3) is 0 Å². The van der Waals surface area contributed by atoms with Gasteiger partial charge in [0.15, 0.2) is 0 Å². The van der Waals surface area contributed by atoms with E-state index in [1.54, 1.807) is 18.4 Å². The largest absolute Gasteiger partial charge is 0.497 e. The van der Waals surface area contributed by atoms with E-state index in [0.29, 0.717) is 0 Å². The zero-order valence-electron chi connectivity index (χ0n) is 7.58. The van der Waals surface area contributed by atoms with Crippen LogP contribution in [0.5, 0.6) is 5.75 Å². The fourth-order valence-corrected chi connectivity index (χ4v) is 3.58. The maximum atomic E-state index is 5.18. The third-order valence-corrected chi connectivity index (χ3v) is 4.83. The number of thiol groups is 1. The van der Waals surface area contributed by atoms with Gasteiger partial charge in [-0.25, -0.2) is 0 Å². The Balaban J connectivity index is 2.68. The molecule has 4 heteroatoms. The maximum Gasteiger partial charge on any atom is 0.119 e. The van der Waals surface area contributed by atoms with Gasteiger partial charge in [-0.15, -0.1) is 24.0 Å². The predicted octanol–water partition coefficient (Wildman–Crippen LogP) is 4.09. The molecule has 0 aliphatic heterocycles. The van der Waals surface area contributed by atoms with Crippen molar-refractivity contribution in [1.82, 2.24) is 0 Å². The molecule has 14 heavy (non-hydrogen) atoms. The quantitative estimate of drug-likeness (QED) is 0.647. The van der Waals surface area contributed by atoms with E-state index in [-0.39, 0.29) is 0 Å². The predicted molar refractivity (Wildman–Crippen MR) is 68.3 cm³/mol. The smallest absolute Gasteiger partial charge is 0.119 e. The molecule has 1 aromatic carbocycles. The maximum absolute atomic E-state index is 5.18. The van der Waals surface area contributed by atoms with Crippen LogP contribution in [0.2, 0.25) is 0 Å². The minimum Gasteiger partial charge on any atom is -0.497 e. The molecule has 0 atom stereocenters. The summed E-state index contributed by atoms with van der Waals surface area (Å²) in [7, 11) is 1.68. The number of halogens is 1. The van der Waals surface area contributed by atoms with E-state index in [2.05, 4.69) is 34.6 Å². The Morgan fingerprint density at radius 3 is 2.93 bits per heavy atom. The molecule has 2 rings (SSSR count). The zero-order chi connectivity index (χ0) is 10.1. The summed E-state index contributed by atoms with van der Waals surface area (Å²) in [5.74, 6) is 0.881. The average Bonchev–Trinajstić information content (AvgIpc) is 2.55. The summed E-state index contributed by atoms with van der Waals surface area (Å²) in [6, 6.07) is 6.08. The number of alkyl halides is 1. The number of thiophene rings is 1. The molecule has 0 aliphatic rings. The first kappa shape index (κ1) is 10.3. The van der Waals surface area contributed by atoms with E-state index in [1.165, 1.54) is 15.0 Å². The summed E-state index contributed by atoms with van der Waals surface area (Å²) in [5, 5.41) is 2.03. The lowest BCUT2D eigenvalue weighted by Crippen LogP contribution is -1.80. The topological polar surface area (TPSA) is 9.23 Å². The molecule has 0 bridgehead atoms. The Labute approximate surface area is 101 Å². The van der Waals surface area contributed by atoms with Crippen molar-refractivity contribution in [3.8, 4) is 5.75 Å². The number of methoxy groups -OCH3 is 1. The molecule has 0 aliphatic carbocycles. The first-order valence-electron chi connectivity index (χ1n) is 4.10. The second-order valence-corrected chi connectivity index (χ2v) is 5.01. The summed E-state index contributed by atoms with van der Waals surface area (Å²) in [6.45, 7) is 0. The van der Waals surface area contributed by atoms with Gasteiger partial charge in [0, 0.05) is 25.2 Å². The first-order chi connectivity index (χ1) is 6.76. The average molecular weight is 289 g/mol. The lowest BCUT2D eigenvalue weighted by molar-refractivity contribution is 0.415. The van der Waals surface area contributed by atoms with Crippen LogP contribution in [0.25, 0.3) is 10.1 Å². The molecule has 1 heterocycles. The minimum atomic E-state index is 0.855. The third-order valence-electron chi connectivity index (χ3n) is 2.06. The van der Waals surface area contributed by atoms with Crippen LogP contribution in [0.3, 0.4) is 0 Å². The summed E-state index contributed by atoms with van der Waals surface area (Å²) in [6.07, 6.45) is 0. The van der Waals surface area contributed by atoms with Gasteiger partial charge in [-0.2, -0.15) is 0 Å². The van der Waals surface area contributed by atoms with Crippen molar-refractivity contribution in [2.75, 3.05) is 7.11 Å². The van der Waals surface area contributed by atoms with E-state index >= 15 is 0 Å². The lowest BCUT2D eigenvalue weighted by Gasteiger charge is -1.98. The fourth-order valence-electron chi connectivity index (χ4n) is 1.33. The van der Waals surface area contributed by atoms with E-state index in [9.17, 15) is 0 Å². The van der Waals surface area contributed by atoms with Crippen LogP contribution in [-0.2, 0) is 5.33 Å². The van der Waals surface area contributed by atoms with Crippen molar-refractivity contribution in [2.24, 2.45) is 0 Å². The van der Waals surface area contributed by atoms with E-state index in [4.69, 9.17) is 4.74 Å². The van der Waals surface area contributed by atoms with E-state index < -0.39 is 0 Å². The molecule has 0 radical (unpaired) electrons. The number of benzene rings is 1. The van der Waals surface area contributed by atoms with Crippen LogP contribution in [-0.4, -0.2) is 7.11 Å². The van der Waals surface area contributed by atoms with E-state index in [1.807, 2.05) is 12.1 Å². The molecule has 2 aromatic rings. The number of hydrogen-bond donors (Lipinski definition) is 1. The fraction of sp³-hybridized carbons (Fsp3) is 0.200. The molecular formula is C10H9BrOS2. The summed E-state index contributed by atoms with van der Waals surface area (Å²) in [4.78, 5) is 2.32. The molecule has 0 fully saturated rings. The Bertz CT molecular complexity index is 464. The number of hydrogen-bond acceptors (Lipinski definition) is 3. The number of fused-ring (bicyclic) bond motifs is 1. The highest BCUT2D eigenvalue weighted by Gasteiger charge is 2.08. The molecule has 0 amide bonds. The number of rotatable bonds is 2. The Morgan fingerprint density at radius 2 is 2.29 bits per heavy atom. The summed E-state index contributed by atoms with van der Waals surface area (Å²) < 4.78 is 6.43. The van der Waals surface area contributed by atoms with Gasteiger partial charge in [-0.3, -0.25) is 0 Å². The summed E-state index contributed by atoms with van der Waals surface area (Å²) in [5.41, 5.74) is 0. The van der Waals surface area contributed by atoms with Gasteiger partial charge >= 0.3 is 0 Å². The van der Waals surface area contributed by atoms with Crippen molar-refractivity contribution in [3.05, 3.63) is 23.1 Å². The highest BCUT2D eigenvalue weighted by atomic mass is 79.9. The van der Waals surface area contributed by atoms with Crippen LogP contribution < -0.4 is 4.74 Å². The molecule has 74 valence electrons. The van der Waals surface area contributed by atoms with Crippen molar-refractivity contribution in [1.29, 1.82) is 0 Å². The monoisotopic (exact) mass is 288 g/mol. The zero-order valence-corrected chi connectivity index (χ0v) is 10.9. The molecule has 1 nitrogen and oxygen atoms in total. The standard InChI is InChI=1S/C10H9BrOS2/c1-12-6-2-3-8-7(4-6)10(13)9(5-11)14-8/h2-4,13H,5H2,1H3. The highest BCUT2D eigenvalue weighted by molar-refractivity contribution is 9.08. The van der Waals surface area contributed by atoms with Gasteiger partial charge in [0.2, 0.25) is 0 Å². The van der Waals surface area contributed by atoms with Crippen LogP contribution >= 0.6 is 39.9 Å².